The summed E-state index contributed by atoms with van der Waals surface area (Å²) in [4.78, 5) is 17.1. The lowest BCUT2D eigenvalue weighted by Gasteiger charge is -2.36. The summed E-state index contributed by atoms with van der Waals surface area (Å²) < 4.78 is 0. The molecule has 1 aromatic rings. The van der Waals surface area contributed by atoms with Gasteiger partial charge in [0, 0.05) is 32.1 Å². The lowest BCUT2D eigenvalue weighted by molar-refractivity contribution is -0.136. The Hall–Kier alpha value is -1.17. The molecule has 122 valence electrons. The van der Waals surface area contributed by atoms with Crippen LogP contribution in [0.5, 0.6) is 0 Å². The van der Waals surface area contributed by atoms with E-state index in [4.69, 9.17) is 0 Å². The molecule has 2 fully saturated rings. The van der Waals surface area contributed by atoms with Crippen molar-refractivity contribution in [2.45, 2.75) is 51.9 Å². The number of piperidine rings is 2. The molecule has 0 bridgehead atoms. The maximum Gasteiger partial charge on any atom is 0.227 e. The van der Waals surface area contributed by atoms with Gasteiger partial charge in [-0.2, -0.15) is 0 Å². The minimum Gasteiger partial charge on any atom is -0.346 e. The van der Waals surface area contributed by atoms with Crippen molar-refractivity contribution in [1.29, 1.82) is 0 Å². The van der Waals surface area contributed by atoms with Crippen LogP contribution >= 0.6 is 11.3 Å². The predicted molar refractivity (Wildman–Crippen MR) is 89.4 cm³/mol. The molecule has 22 heavy (non-hydrogen) atoms. The van der Waals surface area contributed by atoms with E-state index in [0.29, 0.717) is 11.8 Å². The largest absolute Gasteiger partial charge is 0.346 e. The van der Waals surface area contributed by atoms with E-state index < -0.39 is 0 Å². The van der Waals surface area contributed by atoms with E-state index in [1.807, 2.05) is 0 Å². The van der Waals surface area contributed by atoms with Crippen LogP contribution < -0.4 is 4.90 Å². The van der Waals surface area contributed by atoms with Crippen LogP contribution in [0.1, 0.15) is 56.9 Å². The summed E-state index contributed by atoms with van der Waals surface area (Å²) in [5, 5.41) is 10.7. The van der Waals surface area contributed by atoms with Gasteiger partial charge in [0.25, 0.3) is 0 Å². The second kappa shape index (κ2) is 6.94. The highest BCUT2D eigenvalue weighted by molar-refractivity contribution is 7.15. The van der Waals surface area contributed by atoms with Gasteiger partial charge in [0.2, 0.25) is 11.0 Å². The molecule has 5 nitrogen and oxygen atoms in total. The Morgan fingerprint density at radius 1 is 1.14 bits per heavy atom. The van der Waals surface area contributed by atoms with Gasteiger partial charge in [-0.3, -0.25) is 4.79 Å². The van der Waals surface area contributed by atoms with Crippen LogP contribution in [0.15, 0.2) is 0 Å². The number of hydrogen-bond acceptors (Lipinski definition) is 5. The van der Waals surface area contributed by atoms with Crippen molar-refractivity contribution in [3.63, 3.8) is 0 Å². The van der Waals surface area contributed by atoms with Crippen molar-refractivity contribution in [1.82, 2.24) is 15.1 Å². The van der Waals surface area contributed by atoms with Crippen LogP contribution in [-0.2, 0) is 4.79 Å². The van der Waals surface area contributed by atoms with Crippen molar-refractivity contribution in [3.8, 4) is 0 Å². The summed E-state index contributed by atoms with van der Waals surface area (Å²) in [6.07, 6.45) is 5.68. The molecule has 2 saturated heterocycles. The van der Waals surface area contributed by atoms with Crippen LogP contribution in [0.25, 0.3) is 0 Å². The number of carbonyl (C=O) groups excluding carboxylic acids is 1. The van der Waals surface area contributed by atoms with E-state index in [1.165, 1.54) is 6.42 Å². The standard InChI is InChI=1S/C16H26N4OS/c1-12(2)14-17-18-16(22-14)20-10-6-7-13(11-20)15(21)19-8-4-3-5-9-19/h12-13H,3-11H2,1-2H3. The second-order valence-electron chi connectivity index (χ2n) is 6.75. The normalized spacial score (nSPS) is 23.1. The molecule has 0 aromatic carbocycles. The van der Waals surface area contributed by atoms with Crippen LogP contribution in [0.3, 0.4) is 0 Å². The monoisotopic (exact) mass is 322 g/mol. The van der Waals surface area contributed by atoms with E-state index in [9.17, 15) is 4.79 Å². The number of nitrogens with zero attached hydrogens (tertiary/aromatic N) is 4. The van der Waals surface area contributed by atoms with Crippen molar-refractivity contribution < 1.29 is 4.79 Å². The minimum atomic E-state index is 0.137. The first-order chi connectivity index (χ1) is 10.6. The highest BCUT2D eigenvalue weighted by atomic mass is 32.1. The van der Waals surface area contributed by atoms with E-state index in [1.54, 1.807) is 11.3 Å². The molecule has 1 aromatic heterocycles. The minimum absolute atomic E-state index is 0.137. The fraction of sp³-hybridized carbons (Fsp3) is 0.812. The molecule has 2 aliphatic rings. The SMILES string of the molecule is CC(C)c1nnc(N2CCCC(C(=O)N3CCCCC3)C2)s1. The molecule has 2 aliphatic heterocycles. The Bertz CT molecular complexity index is 510. The van der Waals surface area contributed by atoms with Crippen LogP contribution in [0, 0.1) is 5.92 Å². The highest BCUT2D eigenvalue weighted by Gasteiger charge is 2.31. The number of aromatic nitrogens is 2. The van der Waals surface area contributed by atoms with Gasteiger partial charge in [0.05, 0.1) is 5.92 Å². The number of carbonyl (C=O) groups is 1. The summed E-state index contributed by atoms with van der Waals surface area (Å²) in [7, 11) is 0. The smallest absolute Gasteiger partial charge is 0.227 e. The van der Waals surface area contributed by atoms with Gasteiger partial charge >= 0.3 is 0 Å². The Balaban J connectivity index is 1.64. The summed E-state index contributed by atoms with van der Waals surface area (Å²) in [6.45, 7) is 7.99. The van der Waals surface area contributed by atoms with E-state index in [-0.39, 0.29) is 5.92 Å². The summed E-state index contributed by atoms with van der Waals surface area (Å²) in [5.74, 6) is 0.915. The average molecular weight is 322 g/mol. The first-order valence-electron chi connectivity index (χ1n) is 8.52. The molecule has 6 heteroatoms. The number of rotatable bonds is 3. The third-order valence-electron chi connectivity index (χ3n) is 4.63. The molecular formula is C16H26N4OS. The molecule has 0 radical (unpaired) electrons. The van der Waals surface area contributed by atoms with E-state index in [0.717, 1.165) is 62.0 Å². The third-order valence-corrected chi connectivity index (χ3v) is 5.92. The van der Waals surface area contributed by atoms with Gasteiger partial charge < -0.3 is 9.80 Å². The van der Waals surface area contributed by atoms with Crippen molar-refractivity contribution in [2.24, 2.45) is 5.92 Å². The first kappa shape index (κ1) is 15.7. The summed E-state index contributed by atoms with van der Waals surface area (Å²) in [6, 6.07) is 0. The van der Waals surface area contributed by atoms with Gasteiger partial charge in [-0.1, -0.05) is 25.2 Å². The summed E-state index contributed by atoms with van der Waals surface area (Å²) >= 11 is 1.68. The van der Waals surface area contributed by atoms with Crippen LogP contribution in [0.2, 0.25) is 0 Å². The zero-order valence-electron chi connectivity index (χ0n) is 13.6. The molecule has 0 N–H and O–H groups in total. The molecule has 0 spiro atoms. The maximum absolute atomic E-state index is 12.7. The lowest BCUT2D eigenvalue weighted by Crippen LogP contribution is -2.46. The zero-order chi connectivity index (χ0) is 15.5. The first-order valence-corrected chi connectivity index (χ1v) is 9.34. The van der Waals surface area contributed by atoms with Crippen LogP contribution in [-0.4, -0.2) is 47.2 Å². The quantitative estimate of drug-likeness (QED) is 0.858. The number of amides is 1. The van der Waals surface area contributed by atoms with Gasteiger partial charge in [-0.05, 0) is 32.1 Å². The summed E-state index contributed by atoms with van der Waals surface area (Å²) in [5.41, 5.74) is 0. The predicted octanol–water partition coefficient (Wildman–Crippen LogP) is 2.89. The Labute approximate surface area is 136 Å². The topological polar surface area (TPSA) is 49.3 Å². The van der Waals surface area contributed by atoms with Crippen molar-refractivity contribution in [2.75, 3.05) is 31.1 Å². The molecule has 3 rings (SSSR count). The van der Waals surface area contributed by atoms with Gasteiger partial charge in [0.1, 0.15) is 5.01 Å². The Morgan fingerprint density at radius 3 is 2.59 bits per heavy atom. The molecule has 1 unspecified atom stereocenters. The van der Waals surface area contributed by atoms with Gasteiger partial charge in [-0.15, -0.1) is 10.2 Å². The van der Waals surface area contributed by atoms with E-state index in [2.05, 4.69) is 33.8 Å². The molecule has 1 atom stereocenters. The fourth-order valence-electron chi connectivity index (χ4n) is 3.31. The number of hydrogen-bond donors (Lipinski definition) is 0. The molecule has 0 aliphatic carbocycles. The number of likely N-dealkylation sites (tertiary alicyclic amines) is 1. The van der Waals surface area contributed by atoms with E-state index >= 15 is 0 Å². The molecule has 0 saturated carbocycles. The van der Waals surface area contributed by atoms with Crippen molar-refractivity contribution in [3.05, 3.63) is 5.01 Å². The van der Waals surface area contributed by atoms with Crippen molar-refractivity contribution >= 4 is 22.4 Å². The van der Waals surface area contributed by atoms with Gasteiger partial charge in [0.15, 0.2) is 0 Å². The highest BCUT2D eigenvalue weighted by Crippen LogP contribution is 2.30. The Morgan fingerprint density at radius 2 is 1.91 bits per heavy atom. The lowest BCUT2D eigenvalue weighted by atomic mass is 9.96. The third kappa shape index (κ3) is 3.42. The second-order valence-corrected chi connectivity index (χ2v) is 7.74. The molecule has 3 heterocycles. The average Bonchev–Trinajstić information content (AvgIpc) is 3.05. The maximum atomic E-state index is 12.7. The molecular weight excluding hydrogens is 296 g/mol. The zero-order valence-corrected chi connectivity index (χ0v) is 14.4. The van der Waals surface area contributed by atoms with Crippen LogP contribution in [0.4, 0.5) is 5.13 Å². The fourth-order valence-corrected chi connectivity index (χ4v) is 4.19. The van der Waals surface area contributed by atoms with Gasteiger partial charge in [-0.25, -0.2) is 0 Å². The number of anilines is 1. The molecule has 1 amide bonds. The Kier molecular flexibility index (Phi) is 4.96.